The Balaban J connectivity index is 1.53. The standard InChI is InChI=1S/C26H31N3O5/c1-17-6-5-7-23(18(17)2)33-15-22(30)20-8-9-24-21(14-20)29(25(31)16-34-24)19(3)26(32)28-12-10-27(4)11-13-28/h5-9,14,19H,10-13,15-16H2,1-4H3. The highest BCUT2D eigenvalue weighted by molar-refractivity contribution is 6.05. The van der Waals surface area contributed by atoms with Gasteiger partial charge in [-0.2, -0.15) is 0 Å². The van der Waals surface area contributed by atoms with Gasteiger partial charge in [-0.3, -0.25) is 19.3 Å². The van der Waals surface area contributed by atoms with E-state index in [2.05, 4.69) is 4.90 Å². The van der Waals surface area contributed by atoms with Gasteiger partial charge in [0.2, 0.25) is 5.91 Å². The number of carbonyl (C=O) groups is 3. The van der Waals surface area contributed by atoms with E-state index in [9.17, 15) is 14.4 Å². The molecule has 34 heavy (non-hydrogen) atoms. The molecule has 0 spiro atoms. The van der Waals surface area contributed by atoms with E-state index in [1.807, 2.05) is 39.1 Å². The first kappa shape index (κ1) is 23.8. The number of Topliss-reactive ketones (excluding diaryl/α,β-unsaturated/α-hetero) is 1. The summed E-state index contributed by atoms with van der Waals surface area (Å²) in [6.45, 7) is 8.24. The molecular weight excluding hydrogens is 434 g/mol. The van der Waals surface area contributed by atoms with E-state index in [-0.39, 0.29) is 30.8 Å². The minimum Gasteiger partial charge on any atom is -0.485 e. The fraction of sp³-hybridized carbons (Fsp3) is 0.423. The van der Waals surface area contributed by atoms with Crippen LogP contribution in [0.15, 0.2) is 36.4 Å². The lowest BCUT2D eigenvalue weighted by molar-refractivity contribution is -0.136. The van der Waals surface area contributed by atoms with Crippen molar-refractivity contribution in [1.29, 1.82) is 0 Å². The molecule has 2 aliphatic heterocycles. The fourth-order valence-electron chi connectivity index (χ4n) is 4.28. The van der Waals surface area contributed by atoms with Crippen LogP contribution in [0, 0.1) is 13.8 Å². The van der Waals surface area contributed by atoms with Gasteiger partial charge in [-0.25, -0.2) is 0 Å². The summed E-state index contributed by atoms with van der Waals surface area (Å²) in [4.78, 5) is 44.3. The molecule has 4 rings (SSSR count). The van der Waals surface area contributed by atoms with E-state index >= 15 is 0 Å². The van der Waals surface area contributed by atoms with Crippen molar-refractivity contribution in [3.05, 3.63) is 53.1 Å². The van der Waals surface area contributed by atoms with Crippen molar-refractivity contribution < 1.29 is 23.9 Å². The third-order valence-corrected chi connectivity index (χ3v) is 6.63. The van der Waals surface area contributed by atoms with Crippen molar-refractivity contribution in [3.8, 4) is 11.5 Å². The number of ether oxygens (including phenoxy) is 2. The lowest BCUT2D eigenvalue weighted by Crippen LogP contribution is -2.56. The van der Waals surface area contributed by atoms with Crippen LogP contribution in [0.2, 0.25) is 0 Å². The van der Waals surface area contributed by atoms with Gasteiger partial charge in [-0.15, -0.1) is 0 Å². The zero-order valence-corrected chi connectivity index (χ0v) is 20.2. The zero-order valence-electron chi connectivity index (χ0n) is 20.2. The van der Waals surface area contributed by atoms with Gasteiger partial charge in [0.05, 0.1) is 5.69 Å². The number of benzene rings is 2. The summed E-state index contributed by atoms with van der Waals surface area (Å²) in [6.07, 6.45) is 0. The monoisotopic (exact) mass is 465 g/mol. The molecule has 8 nitrogen and oxygen atoms in total. The summed E-state index contributed by atoms with van der Waals surface area (Å²) >= 11 is 0. The summed E-state index contributed by atoms with van der Waals surface area (Å²) in [7, 11) is 2.02. The molecular formula is C26H31N3O5. The maximum absolute atomic E-state index is 13.2. The summed E-state index contributed by atoms with van der Waals surface area (Å²) in [6, 6.07) is 9.97. The van der Waals surface area contributed by atoms with Crippen molar-refractivity contribution in [2.24, 2.45) is 0 Å². The Kier molecular flexibility index (Phi) is 6.88. The molecule has 1 fully saturated rings. The smallest absolute Gasteiger partial charge is 0.265 e. The first-order valence-corrected chi connectivity index (χ1v) is 11.5. The van der Waals surface area contributed by atoms with Gasteiger partial charge in [-0.05, 0) is 63.2 Å². The molecule has 1 unspecified atom stereocenters. The molecule has 0 aromatic heterocycles. The first-order valence-electron chi connectivity index (χ1n) is 11.5. The third-order valence-electron chi connectivity index (χ3n) is 6.63. The number of ketones is 1. The van der Waals surface area contributed by atoms with Crippen LogP contribution in [0.4, 0.5) is 5.69 Å². The van der Waals surface area contributed by atoms with E-state index in [0.29, 0.717) is 35.8 Å². The number of likely N-dealkylation sites (N-methyl/N-ethyl adjacent to an activating group) is 1. The number of hydrogen-bond donors (Lipinski definition) is 0. The lowest BCUT2D eigenvalue weighted by atomic mass is 10.1. The lowest BCUT2D eigenvalue weighted by Gasteiger charge is -2.38. The second-order valence-electron chi connectivity index (χ2n) is 8.95. The van der Waals surface area contributed by atoms with Crippen molar-refractivity contribution in [1.82, 2.24) is 9.80 Å². The Morgan fingerprint density at radius 1 is 1.09 bits per heavy atom. The molecule has 0 bridgehead atoms. The molecule has 0 saturated carbocycles. The van der Waals surface area contributed by atoms with E-state index in [1.54, 1.807) is 30.0 Å². The molecule has 0 aliphatic carbocycles. The van der Waals surface area contributed by atoms with E-state index in [0.717, 1.165) is 24.2 Å². The van der Waals surface area contributed by atoms with Crippen molar-refractivity contribution >= 4 is 23.3 Å². The van der Waals surface area contributed by atoms with Gasteiger partial charge >= 0.3 is 0 Å². The molecule has 8 heteroatoms. The van der Waals surface area contributed by atoms with Crippen LogP contribution >= 0.6 is 0 Å². The highest BCUT2D eigenvalue weighted by atomic mass is 16.5. The minimum absolute atomic E-state index is 0.107. The van der Waals surface area contributed by atoms with Gasteiger partial charge in [0.25, 0.3) is 5.91 Å². The Morgan fingerprint density at radius 3 is 2.56 bits per heavy atom. The number of nitrogens with zero attached hydrogens (tertiary/aromatic N) is 3. The van der Waals surface area contributed by atoms with Gasteiger partial charge < -0.3 is 19.3 Å². The first-order chi connectivity index (χ1) is 16.3. The average molecular weight is 466 g/mol. The second kappa shape index (κ2) is 9.85. The van der Waals surface area contributed by atoms with Gasteiger partial charge in [0, 0.05) is 31.7 Å². The summed E-state index contributed by atoms with van der Waals surface area (Å²) in [5, 5.41) is 0. The average Bonchev–Trinajstić information content (AvgIpc) is 2.84. The predicted octanol–water partition coefficient (Wildman–Crippen LogP) is 2.45. The molecule has 2 amide bonds. The Hall–Kier alpha value is -3.39. The Bertz CT molecular complexity index is 1110. The minimum atomic E-state index is -0.699. The number of fused-ring (bicyclic) bond motifs is 1. The van der Waals surface area contributed by atoms with Crippen LogP contribution in [0.1, 0.15) is 28.4 Å². The topological polar surface area (TPSA) is 79.4 Å². The number of amides is 2. The number of hydrogen-bond acceptors (Lipinski definition) is 6. The van der Waals surface area contributed by atoms with Crippen molar-refractivity contribution in [2.45, 2.75) is 26.8 Å². The van der Waals surface area contributed by atoms with Gasteiger partial charge in [0.1, 0.15) is 17.5 Å². The van der Waals surface area contributed by atoms with E-state index < -0.39 is 6.04 Å². The SMILES string of the molecule is Cc1cccc(OCC(=O)c2ccc3c(c2)N(C(C)C(=O)N2CCN(C)CC2)C(=O)CO3)c1C. The molecule has 2 aromatic rings. The number of anilines is 1. The van der Waals surface area contributed by atoms with E-state index in [4.69, 9.17) is 9.47 Å². The largest absolute Gasteiger partial charge is 0.485 e. The molecule has 0 radical (unpaired) electrons. The number of rotatable bonds is 6. The highest BCUT2D eigenvalue weighted by Crippen LogP contribution is 2.35. The van der Waals surface area contributed by atoms with Crippen LogP contribution < -0.4 is 14.4 Å². The van der Waals surface area contributed by atoms with Gasteiger partial charge in [0.15, 0.2) is 19.0 Å². The van der Waals surface area contributed by atoms with Crippen molar-refractivity contribution in [2.75, 3.05) is 51.3 Å². The molecule has 1 saturated heterocycles. The summed E-state index contributed by atoms with van der Waals surface area (Å²) in [5.74, 6) is 0.505. The van der Waals surface area contributed by atoms with Crippen LogP contribution in [-0.2, 0) is 9.59 Å². The molecule has 2 aromatic carbocycles. The zero-order chi connectivity index (χ0) is 24.4. The molecule has 2 heterocycles. The maximum atomic E-state index is 13.2. The van der Waals surface area contributed by atoms with Crippen LogP contribution in [0.25, 0.3) is 0 Å². The van der Waals surface area contributed by atoms with Gasteiger partial charge in [-0.1, -0.05) is 12.1 Å². The maximum Gasteiger partial charge on any atom is 0.265 e. The number of aryl methyl sites for hydroxylation is 1. The predicted molar refractivity (Wildman–Crippen MR) is 129 cm³/mol. The molecule has 180 valence electrons. The van der Waals surface area contributed by atoms with Crippen LogP contribution in [0.3, 0.4) is 0 Å². The molecule has 2 aliphatic rings. The van der Waals surface area contributed by atoms with Crippen LogP contribution in [0.5, 0.6) is 11.5 Å². The summed E-state index contributed by atoms with van der Waals surface area (Å²) in [5.41, 5.74) is 2.90. The number of carbonyl (C=O) groups excluding carboxylic acids is 3. The van der Waals surface area contributed by atoms with Crippen LogP contribution in [-0.4, -0.2) is 79.9 Å². The van der Waals surface area contributed by atoms with E-state index in [1.165, 1.54) is 4.90 Å². The highest BCUT2D eigenvalue weighted by Gasteiger charge is 2.36. The normalized spacial score (nSPS) is 17.1. The quantitative estimate of drug-likeness (QED) is 0.610. The Labute approximate surface area is 200 Å². The molecule has 1 atom stereocenters. The fourth-order valence-corrected chi connectivity index (χ4v) is 4.28. The Morgan fingerprint density at radius 2 is 1.82 bits per heavy atom. The third kappa shape index (κ3) is 4.77. The number of piperazine rings is 1. The molecule has 0 N–H and O–H groups in total. The summed E-state index contributed by atoms with van der Waals surface area (Å²) < 4.78 is 11.4. The van der Waals surface area contributed by atoms with Crippen molar-refractivity contribution in [3.63, 3.8) is 0 Å². The second-order valence-corrected chi connectivity index (χ2v) is 8.95.